The van der Waals surface area contributed by atoms with Crippen molar-refractivity contribution in [3.63, 3.8) is 0 Å². The summed E-state index contributed by atoms with van der Waals surface area (Å²) in [5.41, 5.74) is 7.12. The molecule has 1 atom stereocenters. The van der Waals surface area contributed by atoms with Crippen LogP contribution in [0.4, 0.5) is 5.82 Å². The lowest BCUT2D eigenvalue weighted by atomic mass is 10.1. The van der Waals surface area contributed by atoms with Gasteiger partial charge in [-0.15, -0.1) is 0 Å². The Morgan fingerprint density at radius 3 is 3.07 bits per heavy atom. The lowest BCUT2D eigenvalue weighted by molar-refractivity contribution is -0.659. The van der Waals surface area contributed by atoms with Crippen LogP contribution in [0.5, 0.6) is 0 Å². The number of nitrogens with two attached hydrogens (primary N) is 1. The molecule has 1 amide bonds. The van der Waals surface area contributed by atoms with Gasteiger partial charge in [-0.25, -0.2) is 4.57 Å². The van der Waals surface area contributed by atoms with E-state index in [0.29, 0.717) is 42.8 Å². The Morgan fingerprint density at radius 1 is 1.45 bits per heavy atom. The summed E-state index contributed by atoms with van der Waals surface area (Å²) in [6.45, 7) is 1.38. The molecule has 0 unspecified atom stereocenters. The molecule has 0 radical (unpaired) electrons. The van der Waals surface area contributed by atoms with Gasteiger partial charge in [-0.2, -0.15) is 0 Å². The van der Waals surface area contributed by atoms with E-state index in [4.69, 9.17) is 10.5 Å². The average Bonchev–Trinajstić information content (AvgIpc) is 3.25. The monoisotopic (exact) mass is 398 g/mol. The zero-order chi connectivity index (χ0) is 20.4. The Morgan fingerprint density at radius 2 is 2.31 bits per heavy atom. The molecule has 1 aliphatic heterocycles. The summed E-state index contributed by atoms with van der Waals surface area (Å²) >= 11 is 0. The second-order valence-electron chi connectivity index (χ2n) is 7.10. The third-order valence-corrected chi connectivity index (χ3v) is 5.16. The predicted octanol–water partition coefficient (Wildman–Crippen LogP) is 0.00860. The third kappa shape index (κ3) is 3.66. The molecule has 0 spiro atoms. The van der Waals surface area contributed by atoms with Crippen molar-refractivity contribution in [1.29, 1.82) is 0 Å². The zero-order valence-electron chi connectivity index (χ0n) is 16.0. The number of pyridine rings is 2. The van der Waals surface area contributed by atoms with Crippen LogP contribution >= 0.6 is 0 Å². The fourth-order valence-electron chi connectivity index (χ4n) is 3.64. The summed E-state index contributed by atoms with van der Waals surface area (Å²) in [4.78, 5) is 30.4. The SMILES string of the molecule is Nc1c(C(=O)NC[C@H]2CCCO2)cc2c(=O)n3ccccc3nc2[n+]1CCCO. The van der Waals surface area contributed by atoms with Gasteiger partial charge in [0.25, 0.3) is 17.1 Å². The third-order valence-electron chi connectivity index (χ3n) is 5.16. The summed E-state index contributed by atoms with van der Waals surface area (Å²) in [5.74, 6) is -0.154. The minimum atomic E-state index is -0.366. The van der Waals surface area contributed by atoms with E-state index in [0.717, 1.165) is 12.8 Å². The number of anilines is 1. The first kappa shape index (κ1) is 19.3. The zero-order valence-corrected chi connectivity index (χ0v) is 16.0. The molecule has 9 nitrogen and oxygen atoms in total. The Labute approximate surface area is 166 Å². The normalized spacial score (nSPS) is 16.5. The number of aliphatic hydroxyl groups excluding tert-OH is 1. The standard InChI is InChI=1S/C20H23N5O4/c21-17-14(19(27)22-12-13-5-3-10-29-13)11-15-18(25(17)8-4-9-26)23-16-6-1-2-7-24(16)20(15)28/h1-2,6-7,11,13,21,26H,3-5,8-10,12H2,(H,22,27)/p+1/t13-/m1/s1. The maximum atomic E-state index is 13.0. The molecule has 0 aliphatic carbocycles. The number of nitrogens with zero attached hydrogens (tertiary/aromatic N) is 3. The number of carbonyl (C=O) groups excluding carboxylic acids is 1. The van der Waals surface area contributed by atoms with Gasteiger partial charge in [0, 0.05) is 32.4 Å². The highest BCUT2D eigenvalue weighted by Crippen LogP contribution is 2.16. The molecule has 3 aromatic heterocycles. The number of hydrogen-bond donors (Lipinski definition) is 3. The van der Waals surface area contributed by atoms with Crippen LogP contribution in [0.2, 0.25) is 0 Å². The van der Waals surface area contributed by atoms with Crippen LogP contribution in [-0.4, -0.2) is 46.3 Å². The first-order valence-electron chi connectivity index (χ1n) is 9.74. The smallest absolute Gasteiger partial charge is 0.278 e. The number of aromatic nitrogens is 3. The molecule has 3 aromatic rings. The van der Waals surface area contributed by atoms with Crippen LogP contribution < -0.4 is 21.2 Å². The number of hydrogen-bond acceptors (Lipinski definition) is 6. The van der Waals surface area contributed by atoms with E-state index in [9.17, 15) is 14.7 Å². The molecule has 29 heavy (non-hydrogen) atoms. The lowest BCUT2D eigenvalue weighted by Crippen LogP contribution is -2.43. The van der Waals surface area contributed by atoms with Gasteiger partial charge < -0.3 is 20.9 Å². The first-order chi connectivity index (χ1) is 14.1. The van der Waals surface area contributed by atoms with Crippen molar-refractivity contribution in [1.82, 2.24) is 14.7 Å². The number of aliphatic hydroxyl groups is 1. The van der Waals surface area contributed by atoms with Crippen molar-refractivity contribution in [2.45, 2.75) is 31.9 Å². The summed E-state index contributed by atoms with van der Waals surface area (Å²) in [7, 11) is 0. The lowest BCUT2D eigenvalue weighted by Gasteiger charge is -2.14. The number of nitrogens with one attached hydrogen (secondary N) is 1. The van der Waals surface area contributed by atoms with Gasteiger partial charge in [0.2, 0.25) is 11.5 Å². The highest BCUT2D eigenvalue weighted by molar-refractivity contribution is 6.00. The molecule has 4 rings (SSSR count). The van der Waals surface area contributed by atoms with Crippen LogP contribution in [0.3, 0.4) is 0 Å². The molecular formula is C20H24N5O4+. The van der Waals surface area contributed by atoms with E-state index < -0.39 is 0 Å². The average molecular weight is 398 g/mol. The first-order valence-corrected chi connectivity index (χ1v) is 9.74. The highest BCUT2D eigenvalue weighted by Gasteiger charge is 2.25. The Hall–Kier alpha value is -3.04. The number of aryl methyl sites for hydroxylation is 1. The van der Waals surface area contributed by atoms with Gasteiger partial charge in [-0.3, -0.25) is 14.0 Å². The second-order valence-corrected chi connectivity index (χ2v) is 7.10. The minimum Gasteiger partial charge on any atom is -0.396 e. The van der Waals surface area contributed by atoms with E-state index in [-0.39, 0.29) is 35.6 Å². The highest BCUT2D eigenvalue weighted by atomic mass is 16.5. The number of nitrogen functional groups attached to an aromatic ring is 1. The maximum absolute atomic E-state index is 13.0. The molecule has 152 valence electrons. The summed E-state index contributed by atoms with van der Waals surface area (Å²) in [6, 6.07) is 6.77. The van der Waals surface area contributed by atoms with E-state index in [1.807, 2.05) is 0 Å². The number of carbonyl (C=O) groups is 1. The number of fused-ring (bicyclic) bond motifs is 2. The number of ether oxygens (including phenoxy) is 1. The molecule has 4 N–H and O–H groups in total. The fourth-order valence-corrected chi connectivity index (χ4v) is 3.64. The van der Waals surface area contributed by atoms with Crippen LogP contribution in [-0.2, 0) is 11.3 Å². The van der Waals surface area contributed by atoms with Crippen molar-refractivity contribution in [2.24, 2.45) is 0 Å². The molecular weight excluding hydrogens is 374 g/mol. The van der Waals surface area contributed by atoms with E-state index in [1.54, 1.807) is 29.0 Å². The Balaban J connectivity index is 1.82. The van der Waals surface area contributed by atoms with Gasteiger partial charge in [-0.05, 0) is 31.0 Å². The van der Waals surface area contributed by atoms with Gasteiger partial charge in [0.15, 0.2) is 0 Å². The van der Waals surface area contributed by atoms with Crippen LogP contribution in [0.1, 0.15) is 29.6 Å². The molecule has 1 fully saturated rings. The Kier molecular flexibility index (Phi) is 5.41. The molecule has 0 saturated carbocycles. The van der Waals surface area contributed by atoms with Crippen molar-refractivity contribution in [3.8, 4) is 0 Å². The van der Waals surface area contributed by atoms with Gasteiger partial charge in [-0.1, -0.05) is 11.1 Å². The topological polar surface area (TPSA) is 123 Å². The molecule has 4 heterocycles. The van der Waals surface area contributed by atoms with E-state index in [2.05, 4.69) is 10.3 Å². The van der Waals surface area contributed by atoms with Crippen LogP contribution in [0.25, 0.3) is 16.7 Å². The molecule has 1 aliphatic rings. The molecule has 9 heteroatoms. The van der Waals surface area contributed by atoms with E-state index >= 15 is 0 Å². The number of amides is 1. The largest absolute Gasteiger partial charge is 0.396 e. The second kappa shape index (κ2) is 8.14. The van der Waals surface area contributed by atoms with E-state index in [1.165, 1.54) is 10.5 Å². The quantitative estimate of drug-likeness (QED) is 0.397. The van der Waals surface area contributed by atoms with Crippen molar-refractivity contribution >= 4 is 28.4 Å². The molecule has 0 aromatic carbocycles. The summed E-state index contributed by atoms with van der Waals surface area (Å²) in [6.07, 6.45) is 3.94. The molecule has 0 bridgehead atoms. The van der Waals surface area contributed by atoms with Gasteiger partial charge in [0.05, 0.1) is 12.6 Å². The summed E-state index contributed by atoms with van der Waals surface area (Å²) < 4.78 is 8.60. The molecule has 1 saturated heterocycles. The fraction of sp³-hybridized carbons (Fsp3) is 0.400. The Bertz CT molecular complexity index is 1120. The van der Waals surface area contributed by atoms with Crippen LogP contribution in [0.15, 0.2) is 35.3 Å². The van der Waals surface area contributed by atoms with Crippen molar-refractivity contribution < 1.29 is 19.2 Å². The van der Waals surface area contributed by atoms with Gasteiger partial charge >= 0.3 is 0 Å². The maximum Gasteiger partial charge on any atom is 0.278 e. The van der Waals surface area contributed by atoms with Crippen molar-refractivity contribution in [3.05, 3.63) is 46.4 Å². The minimum absolute atomic E-state index is 0.00150. The number of rotatable bonds is 6. The summed E-state index contributed by atoms with van der Waals surface area (Å²) in [5, 5.41) is 12.4. The van der Waals surface area contributed by atoms with Crippen LogP contribution in [0, 0.1) is 0 Å². The van der Waals surface area contributed by atoms with Gasteiger partial charge in [0.1, 0.15) is 10.9 Å². The predicted molar refractivity (Wildman–Crippen MR) is 107 cm³/mol. The van der Waals surface area contributed by atoms with Crippen molar-refractivity contribution in [2.75, 3.05) is 25.5 Å².